The fourth-order valence-electron chi connectivity index (χ4n) is 1.33. The molecule has 2 nitrogen and oxygen atoms in total. The maximum Gasteiger partial charge on any atom is 0.153 e. The van der Waals surface area contributed by atoms with Crippen LogP contribution in [0.3, 0.4) is 0 Å². The Hall–Kier alpha value is -0.150. The number of halogens is 1. The van der Waals surface area contributed by atoms with Crippen molar-refractivity contribution in [2.45, 2.75) is 38.5 Å². The van der Waals surface area contributed by atoms with Gasteiger partial charge in [-0.15, -0.1) is 0 Å². The molecule has 1 rings (SSSR count). The van der Waals surface area contributed by atoms with E-state index in [1.165, 1.54) is 0 Å². The molecule has 1 saturated heterocycles. The van der Waals surface area contributed by atoms with E-state index in [-0.39, 0.29) is 6.04 Å². The molecule has 0 radical (unpaired) electrons. The smallest absolute Gasteiger partial charge is 0.153 e. The van der Waals surface area contributed by atoms with E-state index in [0.717, 1.165) is 25.9 Å². The molecule has 0 saturated carbocycles. The number of nitrogens with zero attached hydrogens (tertiary/aromatic N) is 1. The van der Waals surface area contributed by atoms with Gasteiger partial charge in [0.25, 0.3) is 0 Å². The summed E-state index contributed by atoms with van der Waals surface area (Å²) in [6.07, 6.45) is 1.98. The minimum Gasteiger partial charge on any atom is -0.325 e. The number of likely N-dealkylation sites (tertiary alicyclic amines) is 1. The van der Waals surface area contributed by atoms with Gasteiger partial charge in [0.1, 0.15) is 0 Å². The summed E-state index contributed by atoms with van der Waals surface area (Å²) in [5.41, 5.74) is 5.53. The molecule has 3 heteroatoms. The molecule has 1 fully saturated rings. The van der Waals surface area contributed by atoms with Crippen LogP contribution in [0.2, 0.25) is 0 Å². The molecule has 1 aliphatic heterocycles. The third-order valence-electron chi connectivity index (χ3n) is 2.13. The van der Waals surface area contributed by atoms with Crippen LogP contribution in [-0.4, -0.2) is 30.3 Å². The van der Waals surface area contributed by atoms with Gasteiger partial charge in [-0.3, -0.25) is 4.90 Å². The maximum absolute atomic E-state index is 13.1. The highest BCUT2D eigenvalue weighted by molar-refractivity contribution is 4.83. The van der Waals surface area contributed by atoms with Crippen molar-refractivity contribution < 1.29 is 4.39 Å². The molecule has 0 aliphatic carbocycles. The highest BCUT2D eigenvalue weighted by Crippen LogP contribution is 2.16. The first-order valence-corrected chi connectivity index (χ1v) is 4.37. The van der Waals surface area contributed by atoms with Crippen LogP contribution >= 0.6 is 0 Å². The largest absolute Gasteiger partial charge is 0.325 e. The molecule has 1 heterocycles. The number of hydrogen-bond donors (Lipinski definition) is 1. The van der Waals surface area contributed by atoms with E-state index in [2.05, 4.69) is 6.92 Å². The number of hydrogen-bond acceptors (Lipinski definition) is 2. The summed E-state index contributed by atoms with van der Waals surface area (Å²) in [4.78, 5) is 1.81. The van der Waals surface area contributed by atoms with Crippen molar-refractivity contribution in [3.05, 3.63) is 0 Å². The Morgan fingerprint density at radius 1 is 1.64 bits per heavy atom. The molecular weight excluding hydrogens is 143 g/mol. The lowest BCUT2D eigenvalue weighted by atomic mass is 10.1. The minimum absolute atomic E-state index is 0.217. The standard InChI is InChI=1S/C8H17FN2/c1-2-3-4-8(9)11-5-7(10)6-11/h7-8H,2-6,10H2,1H3. The number of rotatable bonds is 4. The highest BCUT2D eigenvalue weighted by Gasteiger charge is 2.28. The molecule has 1 aliphatic rings. The molecule has 11 heavy (non-hydrogen) atoms. The Balaban J connectivity index is 2.06. The lowest BCUT2D eigenvalue weighted by molar-refractivity contribution is 0.00885. The van der Waals surface area contributed by atoms with Gasteiger partial charge in [-0.2, -0.15) is 0 Å². The zero-order valence-electron chi connectivity index (χ0n) is 7.09. The Labute approximate surface area is 67.6 Å². The van der Waals surface area contributed by atoms with Crippen molar-refractivity contribution in [1.29, 1.82) is 0 Å². The summed E-state index contributed by atoms with van der Waals surface area (Å²) < 4.78 is 13.1. The van der Waals surface area contributed by atoms with E-state index in [9.17, 15) is 4.39 Å². The van der Waals surface area contributed by atoms with E-state index in [1.807, 2.05) is 0 Å². The number of unbranched alkanes of at least 4 members (excludes halogenated alkanes) is 1. The third-order valence-corrected chi connectivity index (χ3v) is 2.13. The molecule has 1 unspecified atom stereocenters. The second-order valence-corrected chi connectivity index (χ2v) is 3.29. The molecule has 0 bridgehead atoms. The second kappa shape index (κ2) is 4.02. The zero-order valence-corrected chi connectivity index (χ0v) is 7.09. The van der Waals surface area contributed by atoms with Crippen LogP contribution in [0.1, 0.15) is 26.2 Å². The average molecular weight is 160 g/mol. The molecule has 0 spiro atoms. The lowest BCUT2D eigenvalue weighted by Gasteiger charge is -2.39. The lowest BCUT2D eigenvalue weighted by Crippen LogP contribution is -2.58. The molecule has 0 aromatic carbocycles. The third kappa shape index (κ3) is 2.42. The normalized spacial score (nSPS) is 23.2. The van der Waals surface area contributed by atoms with E-state index in [0.29, 0.717) is 6.42 Å². The first-order valence-electron chi connectivity index (χ1n) is 4.37. The highest BCUT2D eigenvalue weighted by atomic mass is 19.1. The molecule has 0 aromatic heterocycles. The average Bonchev–Trinajstić information content (AvgIpc) is 1.94. The van der Waals surface area contributed by atoms with Gasteiger partial charge >= 0.3 is 0 Å². The van der Waals surface area contributed by atoms with Gasteiger partial charge in [-0.05, 0) is 12.8 Å². The monoisotopic (exact) mass is 160 g/mol. The van der Waals surface area contributed by atoms with E-state index in [1.54, 1.807) is 4.90 Å². The molecule has 0 amide bonds. The molecule has 2 N–H and O–H groups in total. The molecule has 1 atom stereocenters. The summed E-state index contributed by atoms with van der Waals surface area (Å²) in [5, 5.41) is 0. The molecule has 0 aromatic rings. The van der Waals surface area contributed by atoms with Gasteiger partial charge < -0.3 is 5.73 Å². The summed E-state index contributed by atoms with van der Waals surface area (Å²) in [5.74, 6) is 0. The first-order chi connectivity index (χ1) is 5.24. The fourth-order valence-corrected chi connectivity index (χ4v) is 1.33. The Morgan fingerprint density at radius 3 is 2.73 bits per heavy atom. The van der Waals surface area contributed by atoms with Crippen LogP contribution < -0.4 is 5.73 Å². The van der Waals surface area contributed by atoms with Gasteiger partial charge in [-0.1, -0.05) is 13.3 Å². The van der Waals surface area contributed by atoms with Crippen molar-refractivity contribution in [2.24, 2.45) is 5.73 Å². The van der Waals surface area contributed by atoms with Crippen molar-refractivity contribution >= 4 is 0 Å². The number of nitrogens with two attached hydrogens (primary N) is 1. The van der Waals surface area contributed by atoms with E-state index in [4.69, 9.17) is 5.73 Å². The minimum atomic E-state index is -0.741. The summed E-state index contributed by atoms with van der Waals surface area (Å²) in [7, 11) is 0. The van der Waals surface area contributed by atoms with Crippen molar-refractivity contribution in [3.8, 4) is 0 Å². The van der Waals surface area contributed by atoms with Crippen LogP contribution in [0.5, 0.6) is 0 Å². The predicted molar refractivity (Wildman–Crippen MR) is 44.0 cm³/mol. The van der Waals surface area contributed by atoms with Gasteiger partial charge in [-0.25, -0.2) is 4.39 Å². The zero-order chi connectivity index (χ0) is 8.27. The summed E-state index contributed by atoms with van der Waals surface area (Å²) in [6, 6.07) is 0.217. The number of alkyl halides is 1. The first kappa shape index (κ1) is 8.94. The summed E-state index contributed by atoms with van der Waals surface area (Å²) in [6.45, 7) is 3.56. The van der Waals surface area contributed by atoms with Crippen LogP contribution in [0, 0.1) is 0 Å². The second-order valence-electron chi connectivity index (χ2n) is 3.29. The van der Waals surface area contributed by atoms with Gasteiger partial charge in [0.05, 0.1) is 0 Å². The summed E-state index contributed by atoms with van der Waals surface area (Å²) >= 11 is 0. The van der Waals surface area contributed by atoms with E-state index < -0.39 is 6.30 Å². The maximum atomic E-state index is 13.1. The molecule has 66 valence electrons. The van der Waals surface area contributed by atoms with Crippen LogP contribution in [0.25, 0.3) is 0 Å². The Kier molecular flexibility index (Phi) is 3.27. The molecular formula is C8H17FN2. The van der Waals surface area contributed by atoms with Gasteiger partial charge in [0, 0.05) is 19.1 Å². The van der Waals surface area contributed by atoms with Crippen LogP contribution in [-0.2, 0) is 0 Å². The van der Waals surface area contributed by atoms with Crippen molar-refractivity contribution in [2.75, 3.05) is 13.1 Å². The van der Waals surface area contributed by atoms with Gasteiger partial charge in [0.15, 0.2) is 6.30 Å². The van der Waals surface area contributed by atoms with Crippen molar-refractivity contribution in [3.63, 3.8) is 0 Å². The Bertz CT molecular complexity index is 113. The quantitative estimate of drug-likeness (QED) is 0.624. The van der Waals surface area contributed by atoms with Crippen LogP contribution in [0.15, 0.2) is 0 Å². The van der Waals surface area contributed by atoms with Crippen molar-refractivity contribution in [1.82, 2.24) is 4.90 Å². The topological polar surface area (TPSA) is 29.3 Å². The van der Waals surface area contributed by atoms with Crippen LogP contribution in [0.4, 0.5) is 4.39 Å². The Morgan fingerprint density at radius 2 is 2.27 bits per heavy atom. The SMILES string of the molecule is CCCCC(F)N1CC(N)C1. The van der Waals surface area contributed by atoms with E-state index >= 15 is 0 Å². The fraction of sp³-hybridized carbons (Fsp3) is 1.00. The predicted octanol–water partition coefficient (Wildman–Crippen LogP) is 1.12. The van der Waals surface area contributed by atoms with Gasteiger partial charge in [0.2, 0.25) is 0 Å².